The first-order valence-corrected chi connectivity index (χ1v) is 4.02. The predicted octanol–water partition coefficient (Wildman–Crippen LogP) is 1.80. The molecule has 2 N–H and O–H groups in total. The fraction of sp³-hybridized carbons (Fsp3) is 0. The molecule has 0 amide bonds. The van der Waals surface area contributed by atoms with Crippen molar-refractivity contribution in [3.63, 3.8) is 0 Å². The van der Waals surface area contributed by atoms with Crippen LogP contribution in [0.5, 0.6) is 0 Å². The minimum Gasteiger partial charge on any atom is -0.424 e. The molecule has 2 aromatic rings. The summed E-state index contributed by atoms with van der Waals surface area (Å²) in [5, 5.41) is 8.84. The smallest absolute Gasteiger partial charge is 0.292 e. The number of rotatable bonds is 1. The second-order valence-electron chi connectivity index (χ2n) is 2.72. The van der Waals surface area contributed by atoms with E-state index in [1.165, 1.54) is 6.20 Å². The standard InChI is InChI=1S/C10H7N3O/c11-5-7-3-1-2-4-8(7)9-6-13-10(12)14-9/h1-4,6H,(H2,12,13). The Morgan fingerprint density at radius 2 is 2.14 bits per heavy atom. The molecule has 1 heterocycles. The highest BCUT2D eigenvalue weighted by atomic mass is 16.4. The van der Waals surface area contributed by atoms with Gasteiger partial charge in [0.15, 0.2) is 5.76 Å². The molecule has 0 unspecified atom stereocenters. The summed E-state index contributed by atoms with van der Waals surface area (Å²) in [4.78, 5) is 3.77. The molecule has 0 atom stereocenters. The first-order valence-electron chi connectivity index (χ1n) is 4.02. The lowest BCUT2D eigenvalue weighted by Crippen LogP contribution is -1.81. The van der Waals surface area contributed by atoms with Crippen molar-refractivity contribution in [1.82, 2.24) is 4.98 Å². The average Bonchev–Trinajstić information content (AvgIpc) is 2.65. The van der Waals surface area contributed by atoms with Crippen molar-refractivity contribution in [3.8, 4) is 17.4 Å². The number of nitrogens with two attached hydrogens (primary N) is 1. The van der Waals surface area contributed by atoms with E-state index in [-0.39, 0.29) is 6.01 Å². The molecule has 0 bridgehead atoms. The molecule has 4 nitrogen and oxygen atoms in total. The molecule has 0 spiro atoms. The van der Waals surface area contributed by atoms with Gasteiger partial charge in [-0.25, -0.2) is 4.98 Å². The molecule has 0 saturated heterocycles. The number of nitrogens with zero attached hydrogens (tertiary/aromatic N) is 2. The molecule has 0 aliphatic rings. The average molecular weight is 185 g/mol. The Bertz CT molecular complexity index is 496. The van der Waals surface area contributed by atoms with Crippen LogP contribution in [-0.4, -0.2) is 4.98 Å². The van der Waals surface area contributed by atoms with Gasteiger partial charge < -0.3 is 10.2 Å². The molecular weight excluding hydrogens is 178 g/mol. The Labute approximate surface area is 80.6 Å². The molecule has 0 radical (unpaired) electrons. The van der Waals surface area contributed by atoms with E-state index in [9.17, 15) is 0 Å². The molecule has 1 aromatic heterocycles. The van der Waals surface area contributed by atoms with Gasteiger partial charge >= 0.3 is 0 Å². The zero-order valence-corrected chi connectivity index (χ0v) is 7.27. The summed E-state index contributed by atoms with van der Waals surface area (Å²) in [7, 11) is 0. The van der Waals surface area contributed by atoms with Crippen LogP contribution in [0.15, 0.2) is 34.9 Å². The van der Waals surface area contributed by atoms with Gasteiger partial charge in [-0.15, -0.1) is 0 Å². The maximum atomic E-state index is 8.84. The molecule has 68 valence electrons. The summed E-state index contributed by atoms with van der Waals surface area (Å²) in [5.41, 5.74) is 6.60. The van der Waals surface area contributed by atoms with Crippen LogP contribution in [0.4, 0.5) is 6.01 Å². The van der Waals surface area contributed by atoms with E-state index in [1.54, 1.807) is 18.2 Å². The van der Waals surface area contributed by atoms with Crippen LogP contribution in [0.1, 0.15) is 5.56 Å². The van der Waals surface area contributed by atoms with Crippen molar-refractivity contribution in [2.45, 2.75) is 0 Å². The number of aromatic nitrogens is 1. The second-order valence-corrected chi connectivity index (χ2v) is 2.72. The second kappa shape index (κ2) is 3.23. The highest BCUT2D eigenvalue weighted by Gasteiger charge is 2.07. The third-order valence-corrected chi connectivity index (χ3v) is 1.84. The Kier molecular flexibility index (Phi) is 1.92. The normalized spacial score (nSPS) is 9.64. The highest BCUT2D eigenvalue weighted by Crippen LogP contribution is 2.24. The van der Waals surface area contributed by atoms with Gasteiger partial charge in [-0.1, -0.05) is 12.1 Å². The third-order valence-electron chi connectivity index (χ3n) is 1.84. The maximum absolute atomic E-state index is 8.84. The number of anilines is 1. The molecule has 14 heavy (non-hydrogen) atoms. The monoisotopic (exact) mass is 185 g/mol. The van der Waals surface area contributed by atoms with Crippen molar-refractivity contribution < 1.29 is 4.42 Å². The SMILES string of the molecule is N#Cc1ccccc1-c1cnc(N)o1. The number of oxazole rings is 1. The summed E-state index contributed by atoms with van der Waals surface area (Å²) < 4.78 is 5.13. The number of hydrogen-bond donors (Lipinski definition) is 1. The zero-order valence-electron chi connectivity index (χ0n) is 7.27. The molecule has 0 aliphatic carbocycles. The quantitative estimate of drug-likeness (QED) is 0.734. The molecule has 0 saturated carbocycles. The van der Waals surface area contributed by atoms with Crippen molar-refractivity contribution in [1.29, 1.82) is 5.26 Å². The minimum absolute atomic E-state index is 0.104. The summed E-state index contributed by atoms with van der Waals surface area (Å²) in [5.74, 6) is 0.514. The summed E-state index contributed by atoms with van der Waals surface area (Å²) in [6, 6.07) is 9.31. The molecule has 1 aromatic carbocycles. The van der Waals surface area contributed by atoms with Crippen LogP contribution in [0, 0.1) is 11.3 Å². The molecule has 4 heteroatoms. The summed E-state index contributed by atoms with van der Waals surface area (Å²) in [6.45, 7) is 0. The first-order chi connectivity index (χ1) is 6.81. The lowest BCUT2D eigenvalue weighted by molar-refractivity contribution is 0.594. The van der Waals surface area contributed by atoms with Crippen LogP contribution < -0.4 is 5.73 Å². The van der Waals surface area contributed by atoms with Gasteiger partial charge in [0.05, 0.1) is 17.8 Å². The van der Waals surface area contributed by atoms with E-state index in [0.717, 1.165) is 0 Å². The molecule has 2 rings (SSSR count). The highest BCUT2D eigenvalue weighted by molar-refractivity contribution is 5.65. The topological polar surface area (TPSA) is 75.8 Å². The maximum Gasteiger partial charge on any atom is 0.292 e. The zero-order chi connectivity index (χ0) is 9.97. The molecule has 0 aliphatic heterocycles. The van der Waals surface area contributed by atoms with Crippen molar-refractivity contribution >= 4 is 6.01 Å². The van der Waals surface area contributed by atoms with Crippen LogP contribution >= 0.6 is 0 Å². The van der Waals surface area contributed by atoms with Crippen LogP contribution in [-0.2, 0) is 0 Å². The number of benzene rings is 1. The van der Waals surface area contributed by atoms with Gasteiger partial charge in [-0.05, 0) is 12.1 Å². The Morgan fingerprint density at radius 1 is 1.36 bits per heavy atom. The number of nitriles is 1. The lowest BCUT2D eigenvalue weighted by Gasteiger charge is -1.97. The van der Waals surface area contributed by atoms with E-state index in [2.05, 4.69) is 11.1 Å². The minimum atomic E-state index is 0.104. The van der Waals surface area contributed by atoms with Crippen LogP contribution in [0.25, 0.3) is 11.3 Å². The largest absolute Gasteiger partial charge is 0.424 e. The summed E-state index contributed by atoms with van der Waals surface area (Å²) >= 11 is 0. The van der Waals surface area contributed by atoms with Crippen molar-refractivity contribution in [2.75, 3.05) is 5.73 Å². The van der Waals surface area contributed by atoms with E-state index in [4.69, 9.17) is 15.4 Å². The number of nitrogen functional groups attached to an aromatic ring is 1. The Morgan fingerprint density at radius 3 is 2.79 bits per heavy atom. The lowest BCUT2D eigenvalue weighted by atomic mass is 10.1. The van der Waals surface area contributed by atoms with Gasteiger partial charge in [0, 0.05) is 5.56 Å². The van der Waals surface area contributed by atoms with Crippen molar-refractivity contribution in [3.05, 3.63) is 36.0 Å². The van der Waals surface area contributed by atoms with E-state index in [0.29, 0.717) is 16.9 Å². The Hall–Kier alpha value is -2.28. The van der Waals surface area contributed by atoms with Crippen LogP contribution in [0.3, 0.4) is 0 Å². The van der Waals surface area contributed by atoms with E-state index < -0.39 is 0 Å². The van der Waals surface area contributed by atoms with Crippen molar-refractivity contribution in [2.24, 2.45) is 0 Å². The van der Waals surface area contributed by atoms with E-state index >= 15 is 0 Å². The van der Waals surface area contributed by atoms with Gasteiger partial charge in [-0.2, -0.15) is 5.26 Å². The van der Waals surface area contributed by atoms with E-state index in [1.807, 2.05) is 6.07 Å². The van der Waals surface area contributed by atoms with Crippen LogP contribution in [0.2, 0.25) is 0 Å². The van der Waals surface area contributed by atoms with Gasteiger partial charge in [0.1, 0.15) is 0 Å². The first kappa shape index (κ1) is 8.32. The fourth-order valence-electron chi connectivity index (χ4n) is 1.21. The Balaban J connectivity index is 2.57. The predicted molar refractivity (Wildman–Crippen MR) is 51.1 cm³/mol. The number of hydrogen-bond acceptors (Lipinski definition) is 4. The third kappa shape index (κ3) is 1.31. The molecular formula is C10H7N3O. The van der Waals surface area contributed by atoms with Gasteiger partial charge in [0.2, 0.25) is 0 Å². The van der Waals surface area contributed by atoms with Gasteiger partial charge in [0.25, 0.3) is 6.01 Å². The fourth-order valence-corrected chi connectivity index (χ4v) is 1.21. The molecule has 0 fully saturated rings. The summed E-state index contributed by atoms with van der Waals surface area (Å²) in [6.07, 6.45) is 1.51. The van der Waals surface area contributed by atoms with Gasteiger partial charge in [-0.3, -0.25) is 0 Å².